The average Bonchev–Trinajstić information content (AvgIpc) is 1.98. The maximum Gasteiger partial charge on any atom is 0.0264 e. The molecule has 1 unspecified atom stereocenters. The quantitative estimate of drug-likeness (QED) is 0.605. The first-order valence-corrected chi connectivity index (χ1v) is 4.69. The minimum atomic E-state index is 0.495. The molecule has 1 atom stereocenters. The second-order valence-corrected chi connectivity index (χ2v) is 3.37. The average molecular weight is 157 g/mol. The number of terminal acetylenes is 1. The third-order valence-corrected chi connectivity index (χ3v) is 2.34. The summed E-state index contributed by atoms with van der Waals surface area (Å²) in [6.45, 7) is 2.16. The highest BCUT2D eigenvalue weighted by molar-refractivity contribution is 7.99. The molecule has 0 rings (SSSR count). The number of nitrogens with one attached hydrogen (secondary N) is 1. The zero-order valence-electron chi connectivity index (χ0n) is 6.68. The van der Waals surface area contributed by atoms with Gasteiger partial charge in [0, 0.05) is 18.2 Å². The van der Waals surface area contributed by atoms with Crippen LogP contribution in [0.15, 0.2) is 0 Å². The molecule has 10 heavy (non-hydrogen) atoms. The van der Waals surface area contributed by atoms with Gasteiger partial charge in [-0.15, -0.1) is 12.3 Å². The summed E-state index contributed by atoms with van der Waals surface area (Å²) < 4.78 is 0. The van der Waals surface area contributed by atoms with Crippen molar-refractivity contribution in [2.75, 3.05) is 18.6 Å². The van der Waals surface area contributed by atoms with Crippen LogP contribution in [0.5, 0.6) is 0 Å². The van der Waals surface area contributed by atoms with Gasteiger partial charge in [-0.25, -0.2) is 0 Å². The van der Waals surface area contributed by atoms with Crippen LogP contribution < -0.4 is 5.32 Å². The molecule has 0 heterocycles. The van der Waals surface area contributed by atoms with E-state index in [1.165, 1.54) is 5.75 Å². The summed E-state index contributed by atoms with van der Waals surface area (Å²) in [6, 6.07) is 0.495. The molecule has 0 aromatic heterocycles. The Balaban J connectivity index is 3.32. The summed E-state index contributed by atoms with van der Waals surface area (Å²) in [5.74, 6) is 4.94. The lowest BCUT2D eigenvalue weighted by Gasteiger charge is -2.10. The summed E-state index contributed by atoms with van der Waals surface area (Å²) in [5, 5.41) is 3.17. The fourth-order valence-electron chi connectivity index (χ4n) is 0.647. The smallest absolute Gasteiger partial charge is 0.0264 e. The molecular formula is C8H15NS. The molecule has 0 aliphatic rings. The normalized spacial score (nSPS) is 12.5. The van der Waals surface area contributed by atoms with Crippen LogP contribution in [0, 0.1) is 12.3 Å². The van der Waals surface area contributed by atoms with Gasteiger partial charge in [0.15, 0.2) is 0 Å². The van der Waals surface area contributed by atoms with E-state index >= 15 is 0 Å². The van der Waals surface area contributed by atoms with E-state index in [4.69, 9.17) is 6.42 Å². The molecule has 0 aliphatic heterocycles. The monoisotopic (exact) mass is 157 g/mol. The van der Waals surface area contributed by atoms with E-state index in [2.05, 4.69) is 18.2 Å². The third-order valence-electron chi connectivity index (χ3n) is 1.30. The highest BCUT2D eigenvalue weighted by Crippen LogP contribution is 2.03. The van der Waals surface area contributed by atoms with E-state index in [9.17, 15) is 0 Å². The van der Waals surface area contributed by atoms with Crippen molar-refractivity contribution in [3.8, 4) is 12.3 Å². The minimum absolute atomic E-state index is 0.495. The van der Waals surface area contributed by atoms with E-state index in [-0.39, 0.29) is 0 Å². The molecule has 0 saturated heterocycles. The van der Waals surface area contributed by atoms with E-state index in [0.29, 0.717) is 6.04 Å². The van der Waals surface area contributed by atoms with Crippen LogP contribution in [0.25, 0.3) is 0 Å². The lowest BCUT2D eigenvalue weighted by atomic mass is 10.2. The predicted molar refractivity (Wildman–Crippen MR) is 49.3 cm³/mol. The van der Waals surface area contributed by atoms with Crippen molar-refractivity contribution in [2.45, 2.75) is 19.4 Å². The highest BCUT2D eigenvalue weighted by Gasteiger charge is 2.01. The molecular weight excluding hydrogens is 142 g/mol. The molecule has 0 amide bonds. The van der Waals surface area contributed by atoms with Gasteiger partial charge in [-0.2, -0.15) is 11.8 Å². The Labute approximate surface area is 68.0 Å². The molecule has 58 valence electrons. The molecule has 0 aliphatic carbocycles. The van der Waals surface area contributed by atoms with Crippen LogP contribution >= 0.6 is 11.8 Å². The van der Waals surface area contributed by atoms with Crippen LogP contribution in [0.3, 0.4) is 0 Å². The number of thioether (sulfide) groups is 1. The minimum Gasteiger partial charge on any atom is -0.315 e. The number of hydrogen-bond acceptors (Lipinski definition) is 2. The second kappa shape index (κ2) is 6.98. The van der Waals surface area contributed by atoms with Crippen molar-refractivity contribution in [3.05, 3.63) is 0 Å². The topological polar surface area (TPSA) is 12.0 Å². The second-order valence-electron chi connectivity index (χ2n) is 2.05. The van der Waals surface area contributed by atoms with Crippen molar-refractivity contribution in [1.82, 2.24) is 5.32 Å². The summed E-state index contributed by atoms with van der Waals surface area (Å²) in [6.07, 6.45) is 6.01. The fourth-order valence-corrected chi connectivity index (χ4v) is 1.45. The zero-order chi connectivity index (χ0) is 7.82. The van der Waals surface area contributed by atoms with Gasteiger partial charge in [0.05, 0.1) is 0 Å². The number of hydrogen-bond donors (Lipinski definition) is 1. The van der Waals surface area contributed by atoms with Gasteiger partial charge >= 0.3 is 0 Å². The van der Waals surface area contributed by atoms with E-state index in [1.807, 2.05) is 18.8 Å². The summed E-state index contributed by atoms with van der Waals surface area (Å²) in [5.41, 5.74) is 0. The van der Waals surface area contributed by atoms with Gasteiger partial charge in [0.2, 0.25) is 0 Å². The van der Waals surface area contributed by atoms with Gasteiger partial charge in [-0.05, 0) is 12.8 Å². The third kappa shape index (κ3) is 4.72. The first-order valence-electron chi connectivity index (χ1n) is 3.53. The Hall–Kier alpha value is -0.130. The van der Waals surface area contributed by atoms with Crippen molar-refractivity contribution < 1.29 is 0 Å². The molecule has 0 bridgehead atoms. The summed E-state index contributed by atoms with van der Waals surface area (Å²) in [4.78, 5) is 0. The lowest BCUT2D eigenvalue weighted by Crippen LogP contribution is -2.27. The first-order chi connectivity index (χ1) is 4.85. The highest BCUT2D eigenvalue weighted by atomic mass is 32.2. The van der Waals surface area contributed by atoms with Crippen LogP contribution in [0.1, 0.15) is 13.3 Å². The molecule has 0 aromatic rings. The van der Waals surface area contributed by atoms with E-state index in [1.54, 1.807) is 0 Å². The van der Waals surface area contributed by atoms with Crippen LogP contribution in [0.2, 0.25) is 0 Å². The Morgan fingerprint density at radius 1 is 1.70 bits per heavy atom. The summed E-state index contributed by atoms with van der Waals surface area (Å²) in [7, 11) is 1.96. The van der Waals surface area contributed by atoms with Crippen LogP contribution in [-0.2, 0) is 0 Å². The van der Waals surface area contributed by atoms with Crippen molar-refractivity contribution in [3.63, 3.8) is 0 Å². The maximum atomic E-state index is 5.18. The Kier molecular flexibility index (Phi) is 6.89. The molecule has 0 spiro atoms. The summed E-state index contributed by atoms with van der Waals surface area (Å²) >= 11 is 1.92. The van der Waals surface area contributed by atoms with Gasteiger partial charge < -0.3 is 5.32 Å². The van der Waals surface area contributed by atoms with Gasteiger partial charge in [-0.3, -0.25) is 0 Å². The Bertz CT molecular complexity index is 106. The molecule has 0 aromatic carbocycles. The molecule has 0 fully saturated rings. The van der Waals surface area contributed by atoms with Gasteiger partial charge in [-0.1, -0.05) is 6.92 Å². The maximum absolute atomic E-state index is 5.18. The Morgan fingerprint density at radius 2 is 2.40 bits per heavy atom. The van der Waals surface area contributed by atoms with Crippen molar-refractivity contribution >= 4 is 11.8 Å². The number of rotatable bonds is 5. The lowest BCUT2D eigenvalue weighted by molar-refractivity contribution is 0.637. The zero-order valence-corrected chi connectivity index (χ0v) is 7.50. The van der Waals surface area contributed by atoms with E-state index in [0.717, 1.165) is 12.2 Å². The van der Waals surface area contributed by atoms with E-state index < -0.39 is 0 Å². The first kappa shape index (κ1) is 9.87. The largest absolute Gasteiger partial charge is 0.315 e. The molecule has 2 heteroatoms. The molecule has 1 nitrogen and oxygen atoms in total. The van der Waals surface area contributed by atoms with Gasteiger partial charge in [0.1, 0.15) is 0 Å². The van der Waals surface area contributed by atoms with Crippen LogP contribution in [-0.4, -0.2) is 24.6 Å². The van der Waals surface area contributed by atoms with Crippen molar-refractivity contribution in [1.29, 1.82) is 0 Å². The van der Waals surface area contributed by atoms with Gasteiger partial charge in [0.25, 0.3) is 0 Å². The molecule has 0 saturated carbocycles. The fraction of sp³-hybridized carbons (Fsp3) is 0.750. The van der Waals surface area contributed by atoms with Crippen LogP contribution in [0.4, 0.5) is 0 Å². The predicted octanol–water partition coefficient (Wildman–Crippen LogP) is 1.35. The standard InChI is InChI=1S/C8H15NS/c1-4-6-8(9-3)7-10-5-2/h1,8-9H,5-7H2,2-3H3. The Morgan fingerprint density at radius 3 is 2.80 bits per heavy atom. The molecule has 1 N–H and O–H groups in total. The SMILES string of the molecule is C#CCC(CSCC)NC. The van der Waals surface area contributed by atoms with Crippen molar-refractivity contribution in [2.24, 2.45) is 0 Å². The molecule has 0 radical (unpaired) electrons.